The van der Waals surface area contributed by atoms with Crippen LogP contribution in [0, 0.1) is 0 Å². The summed E-state index contributed by atoms with van der Waals surface area (Å²) in [6.45, 7) is 0. The zero-order chi connectivity index (χ0) is 22.5. The van der Waals surface area contributed by atoms with Gasteiger partial charge in [0.1, 0.15) is 11.5 Å². The monoisotopic (exact) mass is 444 g/mol. The molecule has 4 aromatic rings. The lowest BCUT2D eigenvalue weighted by molar-refractivity contribution is 0.104. The molecule has 0 spiro atoms. The number of ether oxygens (including phenoxy) is 2. The van der Waals surface area contributed by atoms with E-state index >= 15 is 0 Å². The molecule has 0 aliphatic carbocycles. The molecule has 0 atom stereocenters. The predicted molar refractivity (Wildman–Crippen MR) is 127 cm³/mol. The van der Waals surface area contributed by atoms with Gasteiger partial charge < -0.3 is 9.47 Å². The smallest absolute Gasteiger partial charge is 0.189 e. The molecule has 0 bridgehead atoms. The van der Waals surface area contributed by atoms with Gasteiger partial charge in [0.05, 0.1) is 31.2 Å². The average molecular weight is 445 g/mol. The van der Waals surface area contributed by atoms with Crippen molar-refractivity contribution in [3.8, 4) is 28.4 Å². The topological polar surface area (TPSA) is 53.4 Å². The van der Waals surface area contributed by atoms with Gasteiger partial charge in [-0.15, -0.1) is 0 Å². The molecule has 6 heteroatoms. The van der Waals surface area contributed by atoms with Crippen LogP contribution in [0.1, 0.15) is 15.9 Å². The number of aromatic nitrogens is 2. The standard InChI is InChI=1S/C26H21ClN2O3/c1-31-22-12-13-23(25(16-22)32-2)24(30)14-11-19-17-29(21-9-4-3-5-10-21)28-26(19)18-7-6-8-20(27)15-18/h3-17H,1-2H3/b14-11+. The number of halogens is 1. The summed E-state index contributed by atoms with van der Waals surface area (Å²) in [6, 6.07) is 22.4. The first-order valence-corrected chi connectivity index (χ1v) is 10.3. The molecule has 160 valence electrons. The molecule has 4 rings (SSSR count). The molecule has 0 fully saturated rings. The van der Waals surface area contributed by atoms with Crippen LogP contribution >= 0.6 is 11.6 Å². The van der Waals surface area contributed by atoms with Crippen molar-refractivity contribution >= 4 is 23.5 Å². The summed E-state index contributed by atoms with van der Waals surface area (Å²) in [5.41, 5.74) is 3.74. The van der Waals surface area contributed by atoms with Crippen molar-refractivity contribution in [2.24, 2.45) is 0 Å². The molecule has 3 aromatic carbocycles. The zero-order valence-corrected chi connectivity index (χ0v) is 18.4. The van der Waals surface area contributed by atoms with Crippen LogP contribution in [0.3, 0.4) is 0 Å². The zero-order valence-electron chi connectivity index (χ0n) is 17.7. The van der Waals surface area contributed by atoms with Crippen molar-refractivity contribution in [1.29, 1.82) is 0 Å². The number of hydrogen-bond donors (Lipinski definition) is 0. The van der Waals surface area contributed by atoms with Gasteiger partial charge >= 0.3 is 0 Å². The lowest BCUT2D eigenvalue weighted by Crippen LogP contribution is -1.99. The van der Waals surface area contributed by atoms with Crippen LogP contribution in [0.25, 0.3) is 23.0 Å². The highest BCUT2D eigenvalue weighted by atomic mass is 35.5. The highest BCUT2D eigenvalue weighted by molar-refractivity contribution is 6.30. The van der Waals surface area contributed by atoms with E-state index in [1.165, 1.54) is 13.2 Å². The number of hydrogen-bond acceptors (Lipinski definition) is 4. The maximum absolute atomic E-state index is 12.9. The molecule has 0 aliphatic heterocycles. The Morgan fingerprint density at radius 2 is 1.78 bits per heavy atom. The molecule has 0 saturated heterocycles. The van der Waals surface area contributed by atoms with E-state index in [0.29, 0.717) is 22.1 Å². The Morgan fingerprint density at radius 3 is 2.50 bits per heavy atom. The number of benzene rings is 3. The van der Waals surface area contributed by atoms with Gasteiger partial charge in [-0.3, -0.25) is 4.79 Å². The largest absolute Gasteiger partial charge is 0.497 e. The van der Waals surface area contributed by atoms with Crippen LogP contribution in [0.15, 0.2) is 85.1 Å². The Balaban J connectivity index is 1.73. The van der Waals surface area contributed by atoms with Crippen molar-refractivity contribution in [2.75, 3.05) is 14.2 Å². The molecular formula is C26H21ClN2O3. The van der Waals surface area contributed by atoms with E-state index in [2.05, 4.69) is 0 Å². The van der Waals surface area contributed by atoms with Gasteiger partial charge in [0.25, 0.3) is 0 Å². The van der Waals surface area contributed by atoms with E-state index in [1.54, 1.807) is 36.1 Å². The summed E-state index contributed by atoms with van der Waals surface area (Å²) >= 11 is 6.21. The lowest BCUT2D eigenvalue weighted by Gasteiger charge is -2.07. The van der Waals surface area contributed by atoms with Crippen LogP contribution in [0.4, 0.5) is 0 Å². The lowest BCUT2D eigenvalue weighted by atomic mass is 10.1. The molecule has 0 saturated carbocycles. The number of ketones is 1. The molecular weight excluding hydrogens is 424 g/mol. The number of carbonyl (C=O) groups excluding carboxylic acids is 1. The Labute approximate surface area is 191 Å². The number of carbonyl (C=O) groups is 1. The first kappa shape index (κ1) is 21.4. The maximum atomic E-state index is 12.9. The summed E-state index contributed by atoms with van der Waals surface area (Å²) < 4.78 is 12.4. The quantitative estimate of drug-likeness (QED) is 0.255. The normalized spacial score (nSPS) is 11.0. The fourth-order valence-electron chi connectivity index (χ4n) is 3.34. The maximum Gasteiger partial charge on any atom is 0.189 e. The van der Waals surface area contributed by atoms with Crippen molar-refractivity contribution in [1.82, 2.24) is 9.78 Å². The Hall–Kier alpha value is -3.83. The van der Waals surface area contributed by atoms with E-state index in [1.807, 2.05) is 60.8 Å². The summed E-state index contributed by atoms with van der Waals surface area (Å²) in [4.78, 5) is 12.9. The second-order valence-electron chi connectivity index (χ2n) is 6.99. The van der Waals surface area contributed by atoms with Gasteiger partial charge in [0.15, 0.2) is 5.78 Å². The average Bonchev–Trinajstić information content (AvgIpc) is 3.27. The van der Waals surface area contributed by atoms with Crippen LogP contribution in [0.2, 0.25) is 5.02 Å². The molecule has 0 radical (unpaired) electrons. The molecule has 5 nitrogen and oxygen atoms in total. The van der Waals surface area contributed by atoms with Crippen LogP contribution in [-0.2, 0) is 0 Å². The SMILES string of the molecule is COc1ccc(C(=O)/C=C/c2cn(-c3ccccc3)nc2-c2cccc(Cl)c2)c(OC)c1. The Morgan fingerprint density at radius 1 is 0.969 bits per heavy atom. The fraction of sp³-hybridized carbons (Fsp3) is 0.0769. The summed E-state index contributed by atoms with van der Waals surface area (Å²) in [7, 11) is 3.09. The highest BCUT2D eigenvalue weighted by Crippen LogP contribution is 2.28. The molecule has 0 unspecified atom stereocenters. The minimum atomic E-state index is -0.186. The van der Waals surface area contributed by atoms with Gasteiger partial charge in [-0.1, -0.05) is 41.9 Å². The van der Waals surface area contributed by atoms with Gasteiger partial charge in [0, 0.05) is 28.4 Å². The van der Waals surface area contributed by atoms with Gasteiger partial charge in [-0.05, 0) is 48.6 Å². The molecule has 0 amide bonds. The second-order valence-corrected chi connectivity index (χ2v) is 7.42. The third-order valence-electron chi connectivity index (χ3n) is 4.95. The molecule has 32 heavy (non-hydrogen) atoms. The number of nitrogens with zero attached hydrogens (tertiary/aromatic N) is 2. The minimum Gasteiger partial charge on any atom is -0.497 e. The van der Waals surface area contributed by atoms with Crippen LogP contribution in [0.5, 0.6) is 11.5 Å². The number of para-hydroxylation sites is 1. The van der Waals surface area contributed by atoms with E-state index in [-0.39, 0.29) is 5.78 Å². The summed E-state index contributed by atoms with van der Waals surface area (Å²) in [5.74, 6) is 0.887. The Kier molecular flexibility index (Phi) is 6.38. The highest BCUT2D eigenvalue weighted by Gasteiger charge is 2.14. The van der Waals surface area contributed by atoms with E-state index in [0.717, 1.165) is 22.5 Å². The first-order valence-electron chi connectivity index (χ1n) is 9.94. The summed E-state index contributed by atoms with van der Waals surface area (Å²) in [6.07, 6.45) is 5.17. The van der Waals surface area contributed by atoms with E-state index < -0.39 is 0 Å². The third kappa shape index (κ3) is 4.58. The molecule has 0 aliphatic rings. The molecule has 1 heterocycles. The van der Waals surface area contributed by atoms with Gasteiger partial charge in [-0.25, -0.2) is 4.68 Å². The number of rotatable bonds is 7. The third-order valence-corrected chi connectivity index (χ3v) is 5.18. The van der Waals surface area contributed by atoms with E-state index in [4.69, 9.17) is 26.2 Å². The first-order chi connectivity index (χ1) is 15.6. The van der Waals surface area contributed by atoms with Crippen LogP contribution in [-0.4, -0.2) is 29.8 Å². The van der Waals surface area contributed by atoms with Crippen molar-refractivity contribution in [2.45, 2.75) is 0 Å². The predicted octanol–water partition coefficient (Wildman–Crippen LogP) is 6.11. The van der Waals surface area contributed by atoms with Gasteiger partial charge in [-0.2, -0.15) is 5.10 Å². The minimum absolute atomic E-state index is 0.186. The summed E-state index contributed by atoms with van der Waals surface area (Å²) in [5, 5.41) is 5.37. The molecule has 1 aromatic heterocycles. The van der Waals surface area contributed by atoms with Crippen molar-refractivity contribution in [3.63, 3.8) is 0 Å². The van der Waals surface area contributed by atoms with E-state index in [9.17, 15) is 4.79 Å². The second kappa shape index (κ2) is 9.54. The Bertz CT molecular complexity index is 1280. The molecule has 0 N–H and O–H groups in total. The van der Waals surface area contributed by atoms with Crippen molar-refractivity contribution < 1.29 is 14.3 Å². The fourth-order valence-corrected chi connectivity index (χ4v) is 3.53. The van der Waals surface area contributed by atoms with Crippen molar-refractivity contribution in [3.05, 3.63) is 101 Å². The van der Waals surface area contributed by atoms with Gasteiger partial charge in [0.2, 0.25) is 0 Å². The number of methoxy groups -OCH3 is 2. The van der Waals surface area contributed by atoms with Crippen LogP contribution < -0.4 is 9.47 Å². The number of allylic oxidation sites excluding steroid dienone is 1.